The number of nitrogens with zero attached hydrogens (tertiary/aromatic N) is 1. The first kappa shape index (κ1) is 10.4. The van der Waals surface area contributed by atoms with Gasteiger partial charge in [0.15, 0.2) is 0 Å². The molecule has 1 amide bonds. The van der Waals surface area contributed by atoms with Gasteiger partial charge >= 0.3 is 0 Å². The van der Waals surface area contributed by atoms with Gasteiger partial charge in [-0.3, -0.25) is 9.59 Å². The van der Waals surface area contributed by atoms with Crippen molar-refractivity contribution in [3.05, 3.63) is 46.2 Å². The normalized spacial score (nSPS) is 10.4. The van der Waals surface area contributed by atoms with Gasteiger partial charge in [0, 0.05) is 31.2 Å². The second-order valence-electron chi connectivity index (χ2n) is 3.78. The summed E-state index contributed by atoms with van der Waals surface area (Å²) in [7, 11) is 3.24. The number of pyridine rings is 1. The van der Waals surface area contributed by atoms with Crippen molar-refractivity contribution in [3.8, 4) is 0 Å². The molecule has 1 aromatic heterocycles. The van der Waals surface area contributed by atoms with Crippen LogP contribution in [0.4, 0.5) is 0 Å². The molecule has 2 aromatic rings. The van der Waals surface area contributed by atoms with Crippen LogP contribution in [-0.4, -0.2) is 29.9 Å². The first-order chi connectivity index (χ1) is 7.61. The minimum Gasteiger partial charge on any atom is -0.360 e. The molecule has 0 aliphatic rings. The van der Waals surface area contributed by atoms with E-state index in [9.17, 15) is 9.59 Å². The Hall–Kier alpha value is -2.10. The number of aromatic nitrogens is 1. The molecule has 4 nitrogen and oxygen atoms in total. The van der Waals surface area contributed by atoms with Gasteiger partial charge < -0.3 is 9.88 Å². The van der Waals surface area contributed by atoms with Gasteiger partial charge in [-0.25, -0.2) is 0 Å². The van der Waals surface area contributed by atoms with E-state index in [-0.39, 0.29) is 16.9 Å². The van der Waals surface area contributed by atoms with E-state index in [4.69, 9.17) is 0 Å². The molecule has 4 heteroatoms. The third-order valence-electron chi connectivity index (χ3n) is 2.42. The van der Waals surface area contributed by atoms with Gasteiger partial charge in [0.1, 0.15) is 5.56 Å². The first-order valence-electron chi connectivity index (χ1n) is 4.93. The van der Waals surface area contributed by atoms with Crippen molar-refractivity contribution >= 4 is 16.8 Å². The lowest BCUT2D eigenvalue weighted by molar-refractivity contribution is 0.0826. The summed E-state index contributed by atoms with van der Waals surface area (Å²) in [4.78, 5) is 28.1. The van der Waals surface area contributed by atoms with Crippen LogP contribution in [0.15, 0.2) is 35.3 Å². The minimum atomic E-state index is -0.285. The number of carbonyl (C=O) groups is 1. The Morgan fingerprint density at radius 2 is 1.94 bits per heavy atom. The van der Waals surface area contributed by atoms with Gasteiger partial charge in [0.2, 0.25) is 5.43 Å². The molecule has 2 rings (SSSR count). The molecule has 0 saturated carbocycles. The van der Waals surface area contributed by atoms with Crippen molar-refractivity contribution in [1.82, 2.24) is 9.88 Å². The van der Waals surface area contributed by atoms with Crippen molar-refractivity contribution in [2.24, 2.45) is 0 Å². The highest BCUT2D eigenvalue weighted by Crippen LogP contribution is 2.07. The third kappa shape index (κ3) is 1.58. The molecule has 0 spiro atoms. The number of nitrogens with one attached hydrogen (secondary N) is 1. The standard InChI is InChI=1S/C12H12N2O2/c1-14(2)12(16)9-7-13-10-6-4-3-5-8(10)11(9)15/h3-7H,1-2H3,(H,13,15). The van der Waals surface area contributed by atoms with Crippen molar-refractivity contribution in [2.75, 3.05) is 14.1 Å². The maximum absolute atomic E-state index is 12.0. The highest BCUT2D eigenvalue weighted by Gasteiger charge is 2.13. The number of carbonyl (C=O) groups excluding carboxylic acids is 1. The zero-order valence-electron chi connectivity index (χ0n) is 9.15. The molecule has 0 saturated heterocycles. The Bertz CT molecular complexity index is 599. The zero-order valence-corrected chi connectivity index (χ0v) is 9.15. The molecular formula is C12H12N2O2. The lowest BCUT2D eigenvalue weighted by Crippen LogP contribution is -2.27. The van der Waals surface area contributed by atoms with Crippen LogP contribution in [0.1, 0.15) is 10.4 Å². The van der Waals surface area contributed by atoms with Crippen LogP contribution in [-0.2, 0) is 0 Å². The molecule has 0 atom stereocenters. The Balaban J connectivity index is 2.71. The molecule has 0 bridgehead atoms. The molecular weight excluding hydrogens is 204 g/mol. The van der Waals surface area contributed by atoms with Crippen molar-refractivity contribution < 1.29 is 4.79 Å². The summed E-state index contributed by atoms with van der Waals surface area (Å²) in [5.41, 5.74) is 0.680. The highest BCUT2D eigenvalue weighted by molar-refractivity contribution is 5.96. The Morgan fingerprint density at radius 1 is 1.25 bits per heavy atom. The summed E-state index contributed by atoms with van der Waals surface area (Å²) in [5.74, 6) is -0.285. The van der Waals surface area contributed by atoms with Crippen LogP contribution < -0.4 is 5.43 Å². The average Bonchev–Trinajstić information content (AvgIpc) is 2.29. The third-order valence-corrected chi connectivity index (χ3v) is 2.42. The molecule has 0 unspecified atom stereocenters. The number of aromatic amines is 1. The number of para-hydroxylation sites is 1. The molecule has 16 heavy (non-hydrogen) atoms. The molecule has 0 aliphatic carbocycles. The summed E-state index contributed by atoms with van der Waals surface area (Å²) >= 11 is 0. The van der Waals surface area contributed by atoms with Crippen LogP contribution in [0, 0.1) is 0 Å². The lowest BCUT2D eigenvalue weighted by atomic mass is 10.1. The number of rotatable bonds is 1. The van der Waals surface area contributed by atoms with Crippen molar-refractivity contribution in [1.29, 1.82) is 0 Å². The molecule has 0 fully saturated rings. The average molecular weight is 216 g/mol. The first-order valence-corrected chi connectivity index (χ1v) is 4.93. The molecule has 0 radical (unpaired) electrons. The smallest absolute Gasteiger partial charge is 0.258 e. The summed E-state index contributed by atoms with van der Waals surface area (Å²) in [6.07, 6.45) is 1.47. The van der Waals surface area contributed by atoms with Crippen molar-refractivity contribution in [2.45, 2.75) is 0 Å². The SMILES string of the molecule is CN(C)C(=O)c1c[nH]c2ccccc2c1=O. The van der Waals surface area contributed by atoms with Gasteiger partial charge in [-0.1, -0.05) is 12.1 Å². The fourth-order valence-electron chi connectivity index (χ4n) is 1.57. The lowest BCUT2D eigenvalue weighted by Gasteiger charge is -2.09. The Kier molecular flexibility index (Phi) is 2.48. The number of benzene rings is 1. The number of hydrogen-bond donors (Lipinski definition) is 1. The van der Waals surface area contributed by atoms with E-state index < -0.39 is 0 Å². The van der Waals surface area contributed by atoms with Crippen LogP contribution in [0.5, 0.6) is 0 Å². The highest BCUT2D eigenvalue weighted by atomic mass is 16.2. The van der Waals surface area contributed by atoms with E-state index >= 15 is 0 Å². The quantitative estimate of drug-likeness (QED) is 0.779. The number of fused-ring (bicyclic) bond motifs is 1. The molecule has 1 aromatic carbocycles. The van der Waals surface area contributed by atoms with E-state index in [2.05, 4.69) is 4.98 Å². The van der Waals surface area contributed by atoms with Gasteiger partial charge in [0.05, 0.1) is 0 Å². The van der Waals surface area contributed by atoms with Crippen molar-refractivity contribution in [3.63, 3.8) is 0 Å². The predicted octanol–water partition coefficient (Wildman–Crippen LogP) is 1.23. The van der Waals surface area contributed by atoms with Crippen LogP contribution >= 0.6 is 0 Å². The van der Waals surface area contributed by atoms with E-state index in [1.165, 1.54) is 11.1 Å². The predicted molar refractivity (Wildman–Crippen MR) is 62.6 cm³/mol. The van der Waals surface area contributed by atoms with Crippen LogP contribution in [0.2, 0.25) is 0 Å². The summed E-state index contributed by atoms with van der Waals surface area (Å²) in [5, 5.41) is 0.537. The maximum Gasteiger partial charge on any atom is 0.258 e. The number of hydrogen-bond acceptors (Lipinski definition) is 2. The van der Waals surface area contributed by atoms with E-state index in [1.807, 2.05) is 6.07 Å². The fraction of sp³-hybridized carbons (Fsp3) is 0.167. The molecule has 0 aliphatic heterocycles. The van der Waals surface area contributed by atoms with Crippen LogP contribution in [0.25, 0.3) is 10.9 Å². The van der Waals surface area contributed by atoms with Gasteiger partial charge in [-0.2, -0.15) is 0 Å². The van der Waals surface area contributed by atoms with Gasteiger partial charge in [-0.15, -0.1) is 0 Å². The molecule has 1 N–H and O–H groups in total. The van der Waals surface area contributed by atoms with Gasteiger partial charge in [0.25, 0.3) is 5.91 Å². The fourth-order valence-corrected chi connectivity index (χ4v) is 1.57. The van der Waals surface area contributed by atoms with Gasteiger partial charge in [-0.05, 0) is 12.1 Å². The second-order valence-corrected chi connectivity index (χ2v) is 3.78. The van der Waals surface area contributed by atoms with Crippen LogP contribution in [0.3, 0.4) is 0 Å². The summed E-state index contributed by atoms with van der Waals surface area (Å²) in [6, 6.07) is 7.13. The zero-order chi connectivity index (χ0) is 11.7. The largest absolute Gasteiger partial charge is 0.360 e. The second kappa shape index (κ2) is 3.81. The monoisotopic (exact) mass is 216 g/mol. The van der Waals surface area contributed by atoms with E-state index in [1.54, 1.807) is 32.3 Å². The summed E-state index contributed by atoms with van der Waals surface area (Å²) < 4.78 is 0. The molecule has 82 valence electrons. The topological polar surface area (TPSA) is 53.2 Å². The van der Waals surface area contributed by atoms with E-state index in [0.29, 0.717) is 5.39 Å². The number of H-pyrrole nitrogens is 1. The Labute approximate surface area is 92.5 Å². The minimum absolute atomic E-state index is 0.170. The summed E-state index contributed by atoms with van der Waals surface area (Å²) in [6.45, 7) is 0. The maximum atomic E-state index is 12.0. The Morgan fingerprint density at radius 3 is 2.62 bits per heavy atom. The van der Waals surface area contributed by atoms with E-state index in [0.717, 1.165) is 5.52 Å². The number of amides is 1. The molecule has 1 heterocycles.